The van der Waals surface area contributed by atoms with E-state index in [2.05, 4.69) is 15.7 Å². The molecule has 2 aromatic heterocycles. The molecule has 0 saturated carbocycles. The number of halogens is 3. The fourth-order valence-electron chi connectivity index (χ4n) is 2.82. The molecule has 0 aliphatic carbocycles. The molecular weight excluding hydrogens is 415 g/mol. The SMILES string of the molecule is CCNC(=O)NCCOC(=O)c1cnn(-c2cccc(C(F)(F)F)c2)c1-n1cccc1. The van der Waals surface area contributed by atoms with Crippen LogP contribution in [0.25, 0.3) is 11.5 Å². The van der Waals surface area contributed by atoms with Crippen molar-refractivity contribution < 1.29 is 27.5 Å². The van der Waals surface area contributed by atoms with E-state index in [1.54, 1.807) is 36.0 Å². The summed E-state index contributed by atoms with van der Waals surface area (Å²) < 4.78 is 47.4. The maximum absolute atomic E-state index is 13.1. The van der Waals surface area contributed by atoms with E-state index >= 15 is 0 Å². The minimum absolute atomic E-state index is 0.0617. The van der Waals surface area contributed by atoms with Crippen LogP contribution in [0.2, 0.25) is 0 Å². The van der Waals surface area contributed by atoms with Crippen molar-refractivity contribution in [3.8, 4) is 11.5 Å². The highest BCUT2D eigenvalue weighted by Gasteiger charge is 2.31. The van der Waals surface area contributed by atoms with Crippen LogP contribution in [0.15, 0.2) is 55.0 Å². The normalized spacial score (nSPS) is 11.2. The third-order valence-electron chi connectivity index (χ3n) is 4.19. The third-order valence-corrected chi connectivity index (χ3v) is 4.19. The number of rotatable bonds is 7. The lowest BCUT2D eigenvalue weighted by molar-refractivity contribution is -0.137. The summed E-state index contributed by atoms with van der Waals surface area (Å²) in [5.41, 5.74) is -0.637. The van der Waals surface area contributed by atoms with Gasteiger partial charge in [0.25, 0.3) is 0 Å². The summed E-state index contributed by atoms with van der Waals surface area (Å²) in [5.74, 6) is -0.495. The van der Waals surface area contributed by atoms with E-state index in [0.29, 0.717) is 6.54 Å². The molecule has 11 heteroatoms. The maximum atomic E-state index is 13.1. The Kier molecular flexibility index (Phi) is 6.63. The molecule has 2 heterocycles. The highest BCUT2D eigenvalue weighted by Crippen LogP contribution is 2.31. The summed E-state index contributed by atoms with van der Waals surface area (Å²) in [6.07, 6.45) is -0.0200. The highest BCUT2D eigenvalue weighted by atomic mass is 19.4. The van der Waals surface area contributed by atoms with Crippen LogP contribution in [0.3, 0.4) is 0 Å². The van der Waals surface area contributed by atoms with Gasteiger partial charge in [0.15, 0.2) is 5.82 Å². The van der Waals surface area contributed by atoms with E-state index in [0.717, 1.165) is 12.1 Å². The van der Waals surface area contributed by atoms with E-state index in [1.807, 2.05) is 0 Å². The van der Waals surface area contributed by atoms with Gasteiger partial charge in [-0.05, 0) is 37.3 Å². The summed E-state index contributed by atoms with van der Waals surface area (Å²) in [4.78, 5) is 24.0. The van der Waals surface area contributed by atoms with E-state index in [4.69, 9.17) is 4.74 Å². The van der Waals surface area contributed by atoms with Gasteiger partial charge in [0.1, 0.15) is 12.2 Å². The van der Waals surface area contributed by atoms with Gasteiger partial charge in [0.05, 0.1) is 24.0 Å². The maximum Gasteiger partial charge on any atom is 0.416 e. The van der Waals surface area contributed by atoms with Crippen LogP contribution < -0.4 is 10.6 Å². The number of hydrogen-bond donors (Lipinski definition) is 2. The molecule has 8 nitrogen and oxygen atoms in total. The molecule has 2 N–H and O–H groups in total. The predicted octanol–water partition coefficient (Wildman–Crippen LogP) is 3.16. The molecule has 0 saturated heterocycles. The lowest BCUT2D eigenvalue weighted by atomic mass is 10.2. The number of nitrogens with one attached hydrogen (secondary N) is 2. The van der Waals surface area contributed by atoms with Gasteiger partial charge in [-0.25, -0.2) is 14.3 Å². The lowest BCUT2D eigenvalue weighted by Crippen LogP contribution is -2.37. The molecule has 0 fully saturated rings. The van der Waals surface area contributed by atoms with Gasteiger partial charge >= 0.3 is 18.2 Å². The Labute approximate surface area is 175 Å². The number of carbonyl (C=O) groups excluding carboxylic acids is 2. The van der Waals surface area contributed by atoms with Crippen LogP contribution in [-0.4, -0.2) is 46.0 Å². The first kappa shape index (κ1) is 21.9. The quantitative estimate of drug-likeness (QED) is 0.441. The van der Waals surface area contributed by atoms with Crippen molar-refractivity contribution in [2.24, 2.45) is 0 Å². The van der Waals surface area contributed by atoms with Crippen molar-refractivity contribution in [3.05, 3.63) is 66.1 Å². The molecule has 3 aromatic rings. The molecule has 2 amide bonds. The van der Waals surface area contributed by atoms with Crippen molar-refractivity contribution in [1.29, 1.82) is 0 Å². The summed E-state index contributed by atoms with van der Waals surface area (Å²) >= 11 is 0. The van der Waals surface area contributed by atoms with Gasteiger partial charge in [-0.2, -0.15) is 18.3 Å². The molecule has 0 atom stereocenters. The average Bonchev–Trinajstić information content (AvgIpc) is 3.40. The molecule has 31 heavy (non-hydrogen) atoms. The van der Waals surface area contributed by atoms with Crippen molar-refractivity contribution in [2.75, 3.05) is 19.7 Å². The number of esters is 1. The average molecular weight is 435 g/mol. The third kappa shape index (κ3) is 5.24. The summed E-state index contributed by atoms with van der Waals surface area (Å²) in [6, 6.07) is 7.66. The number of alkyl halides is 3. The number of carbonyl (C=O) groups is 2. The number of urea groups is 1. The molecule has 0 aliphatic heterocycles. The Morgan fingerprint density at radius 3 is 2.55 bits per heavy atom. The van der Waals surface area contributed by atoms with E-state index in [9.17, 15) is 22.8 Å². The zero-order valence-corrected chi connectivity index (χ0v) is 16.5. The first-order valence-corrected chi connectivity index (χ1v) is 9.39. The van der Waals surface area contributed by atoms with E-state index in [1.165, 1.54) is 23.0 Å². The Morgan fingerprint density at radius 2 is 1.87 bits per heavy atom. The smallest absolute Gasteiger partial charge is 0.416 e. The van der Waals surface area contributed by atoms with Gasteiger partial charge in [0.2, 0.25) is 0 Å². The zero-order chi connectivity index (χ0) is 22.4. The number of nitrogens with zero attached hydrogens (tertiary/aromatic N) is 3. The summed E-state index contributed by atoms with van der Waals surface area (Å²) in [5, 5.41) is 9.18. The Hall–Kier alpha value is -3.76. The van der Waals surface area contributed by atoms with Crippen molar-refractivity contribution in [2.45, 2.75) is 13.1 Å². The summed E-state index contributed by atoms with van der Waals surface area (Å²) in [6.45, 7) is 2.24. The first-order valence-electron chi connectivity index (χ1n) is 9.39. The van der Waals surface area contributed by atoms with Gasteiger partial charge in [0, 0.05) is 18.9 Å². The Morgan fingerprint density at radius 1 is 1.13 bits per heavy atom. The number of benzene rings is 1. The minimum Gasteiger partial charge on any atom is -0.460 e. The van der Waals surface area contributed by atoms with Gasteiger partial charge in [-0.3, -0.25) is 0 Å². The number of ether oxygens (including phenoxy) is 1. The fraction of sp³-hybridized carbons (Fsp3) is 0.250. The summed E-state index contributed by atoms with van der Waals surface area (Å²) in [7, 11) is 0. The second-order valence-corrected chi connectivity index (χ2v) is 6.35. The molecule has 0 aliphatic rings. The number of hydrogen-bond acceptors (Lipinski definition) is 4. The zero-order valence-electron chi connectivity index (χ0n) is 16.5. The molecule has 0 spiro atoms. The first-order chi connectivity index (χ1) is 14.8. The second-order valence-electron chi connectivity index (χ2n) is 6.35. The van der Waals surface area contributed by atoms with Gasteiger partial charge in [-0.15, -0.1) is 0 Å². The molecule has 0 radical (unpaired) electrons. The largest absolute Gasteiger partial charge is 0.460 e. The molecule has 164 valence electrons. The Balaban J connectivity index is 1.86. The molecular formula is C20H20F3N5O3. The van der Waals surface area contributed by atoms with Gasteiger partial charge in [-0.1, -0.05) is 6.07 Å². The monoisotopic (exact) mass is 435 g/mol. The van der Waals surface area contributed by atoms with E-state index in [-0.39, 0.29) is 36.3 Å². The number of aromatic nitrogens is 3. The minimum atomic E-state index is -4.52. The van der Waals surface area contributed by atoms with E-state index < -0.39 is 17.7 Å². The van der Waals surface area contributed by atoms with Crippen LogP contribution in [0.1, 0.15) is 22.8 Å². The predicted molar refractivity (Wildman–Crippen MR) is 105 cm³/mol. The van der Waals surface area contributed by atoms with Crippen LogP contribution in [0.5, 0.6) is 0 Å². The molecule has 3 rings (SSSR count). The van der Waals surface area contributed by atoms with Crippen LogP contribution in [-0.2, 0) is 10.9 Å². The standard InChI is InChI=1S/C20H20F3N5O3/c1-2-24-19(30)25-8-11-31-18(29)16-13-26-28(17(16)27-9-3-4-10-27)15-7-5-6-14(12-15)20(21,22)23/h3-7,9-10,12-13H,2,8,11H2,1H3,(H2,24,25,30). The second kappa shape index (κ2) is 9.37. The molecule has 1 aromatic carbocycles. The van der Waals surface area contributed by atoms with Crippen LogP contribution in [0.4, 0.5) is 18.0 Å². The molecule has 0 unspecified atom stereocenters. The molecule has 0 bridgehead atoms. The van der Waals surface area contributed by atoms with Gasteiger partial charge < -0.3 is 19.9 Å². The highest BCUT2D eigenvalue weighted by molar-refractivity contribution is 5.93. The lowest BCUT2D eigenvalue weighted by Gasteiger charge is -2.13. The fourth-order valence-corrected chi connectivity index (χ4v) is 2.82. The number of amides is 2. The Bertz CT molecular complexity index is 1040. The van der Waals surface area contributed by atoms with Crippen molar-refractivity contribution in [3.63, 3.8) is 0 Å². The van der Waals surface area contributed by atoms with Crippen molar-refractivity contribution >= 4 is 12.0 Å². The van der Waals surface area contributed by atoms with Crippen LogP contribution >= 0.6 is 0 Å². The topological polar surface area (TPSA) is 90.2 Å². The van der Waals surface area contributed by atoms with Crippen LogP contribution in [0, 0.1) is 0 Å². The van der Waals surface area contributed by atoms with Crippen molar-refractivity contribution in [1.82, 2.24) is 25.0 Å².